The van der Waals surface area contributed by atoms with Crippen LogP contribution in [-0.2, 0) is 25.2 Å². The van der Waals surface area contributed by atoms with Crippen LogP contribution < -0.4 is 5.32 Å². The predicted octanol–water partition coefficient (Wildman–Crippen LogP) is 7.43. The molecule has 0 aliphatic heterocycles. The molecule has 2 fully saturated rings. The summed E-state index contributed by atoms with van der Waals surface area (Å²) >= 11 is 0. The minimum atomic E-state index is -4.49. The van der Waals surface area contributed by atoms with E-state index in [1.807, 2.05) is 6.92 Å². The maximum Gasteiger partial charge on any atom is 0.419 e. The maximum absolute atomic E-state index is 14.6. The number of rotatable bonds is 16. The molecule has 0 radical (unpaired) electrons. The number of carboxylic acid groups (broad SMARTS) is 1. The number of benzene rings is 2. The van der Waals surface area contributed by atoms with Crippen LogP contribution in [0.5, 0.6) is 0 Å². The van der Waals surface area contributed by atoms with Gasteiger partial charge in [-0.05, 0) is 95.0 Å². The second-order valence-corrected chi connectivity index (χ2v) is 16.1. The van der Waals surface area contributed by atoms with Gasteiger partial charge in [0.15, 0.2) is 11.6 Å². The predicted molar refractivity (Wildman–Crippen MR) is 249 cm³/mol. The van der Waals surface area contributed by atoms with Gasteiger partial charge in [0, 0.05) is 56.3 Å². The van der Waals surface area contributed by atoms with Crippen LogP contribution in [0.3, 0.4) is 0 Å². The summed E-state index contributed by atoms with van der Waals surface area (Å²) in [6, 6.07) is 8.09. The van der Waals surface area contributed by atoms with Gasteiger partial charge in [-0.3, -0.25) is 4.79 Å². The van der Waals surface area contributed by atoms with Crippen LogP contribution in [-0.4, -0.2) is 105 Å². The topological polar surface area (TPSA) is 183 Å². The molecule has 2 aliphatic rings. The van der Waals surface area contributed by atoms with E-state index in [-0.39, 0.29) is 68.5 Å². The molecule has 0 bridgehead atoms. The molecule has 2 aliphatic carbocycles. The van der Waals surface area contributed by atoms with Gasteiger partial charge in [0.2, 0.25) is 0 Å². The van der Waals surface area contributed by atoms with Crippen LogP contribution in [0.1, 0.15) is 95.9 Å². The van der Waals surface area contributed by atoms with Gasteiger partial charge >= 0.3 is 18.3 Å². The lowest BCUT2D eigenvalue weighted by atomic mass is 10.1. The number of aryl methyl sites for hydroxylation is 2. The number of nitrogens with one attached hydrogen (secondary N) is 1. The van der Waals surface area contributed by atoms with Gasteiger partial charge in [-0.1, -0.05) is 20.5 Å². The molecule has 0 saturated heterocycles. The van der Waals surface area contributed by atoms with Crippen molar-refractivity contribution >= 4 is 32.7 Å². The Balaban J connectivity index is 0.000000298. The average Bonchev–Trinajstić information content (AvgIpc) is 4.19. The number of halogens is 9. The van der Waals surface area contributed by atoms with Crippen molar-refractivity contribution in [1.82, 2.24) is 60.1 Å². The van der Waals surface area contributed by atoms with E-state index in [1.54, 1.807) is 4.90 Å². The molecule has 2 aromatic carbocycles. The molecule has 15 nitrogen and oxygen atoms in total. The Hall–Kier alpha value is -6.43. The first kappa shape index (κ1) is 57.9. The Kier molecular flexibility index (Phi) is 21.5. The fraction of sp³-hybridized carbons (Fsp3) is 0.400. The molecule has 380 valence electrons. The number of hydrogen-bond donors (Lipinski definition) is 2. The van der Waals surface area contributed by atoms with E-state index >= 15 is 0 Å². The second-order valence-electron chi connectivity index (χ2n) is 16.1. The zero-order chi connectivity index (χ0) is 48.3. The summed E-state index contributed by atoms with van der Waals surface area (Å²) in [7, 11) is 0. The van der Waals surface area contributed by atoms with Gasteiger partial charge in [0.25, 0.3) is 5.91 Å². The molecule has 2 N–H and O–H groups in total. The molecular weight excluding hydrogens is 955 g/mol. The number of nitrogens with zero attached hydrogens (tertiary/aromatic N) is 11. The number of aromatic nitrogens is 10. The van der Waals surface area contributed by atoms with Crippen LogP contribution in [0, 0.1) is 30.9 Å². The number of aromatic carboxylic acids is 1. The van der Waals surface area contributed by atoms with Crippen molar-refractivity contribution in [2.45, 2.75) is 89.7 Å². The third kappa shape index (κ3) is 16.6. The molecule has 4 aromatic heterocycles. The molecule has 6 aromatic rings. The Bertz CT molecular complexity index is 2530. The van der Waals surface area contributed by atoms with E-state index in [9.17, 15) is 44.7 Å². The van der Waals surface area contributed by atoms with E-state index in [2.05, 4.69) is 52.6 Å². The number of carbonyl (C=O) groups excluding carboxylic acids is 1. The number of carboxylic acids is 1. The van der Waals surface area contributed by atoms with Gasteiger partial charge in [-0.2, -0.15) is 46.7 Å². The molecule has 0 unspecified atom stereocenters. The lowest BCUT2D eigenvalue weighted by Gasteiger charge is -2.30. The molecule has 25 heteroatoms. The van der Waals surface area contributed by atoms with Crippen LogP contribution in [0.15, 0.2) is 86.0 Å². The minimum Gasteiger partial charge on any atom is -0.478 e. The lowest BCUT2D eigenvalue weighted by Crippen LogP contribution is -2.41. The summed E-state index contributed by atoms with van der Waals surface area (Å²) in [5, 5.41) is 27.6. The Labute approximate surface area is 406 Å². The number of para-hydroxylation sites is 2. The van der Waals surface area contributed by atoms with Gasteiger partial charge in [0.1, 0.15) is 23.0 Å². The lowest BCUT2D eigenvalue weighted by molar-refractivity contribution is -0.138. The van der Waals surface area contributed by atoms with Gasteiger partial charge in [-0.15, -0.1) is 22.0 Å². The zero-order valence-corrected chi connectivity index (χ0v) is 38.4. The summed E-state index contributed by atoms with van der Waals surface area (Å²) in [6.07, 6.45) is 6.65. The summed E-state index contributed by atoms with van der Waals surface area (Å²) in [6.45, 7) is 5.48. The molecule has 1 amide bonds. The van der Waals surface area contributed by atoms with E-state index in [4.69, 9.17) is 5.11 Å². The number of alkyl halides is 6. The smallest absolute Gasteiger partial charge is 0.419 e. The molecule has 4 heterocycles. The summed E-state index contributed by atoms with van der Waals surface area (Å²) in [5.41, 5.74) is -1.91. The fourth-order valence-electron chi connectivity index (χ4n) is 6.53. The molecule has 2 saturated carbocycles. The Morgan fingerprint density at radius 1 is 0.700 bits per heavy atom. The quantitative estimate of drug-likeness (QED) is 0.0557. The number of amides is 1. The number of hydrogen-bond acceptors (Lipinski definition) is 11. The van der Waals surface area contributed by atoms with Crippen molar-refractivity contribution in [3.8, 4) is 11.4 Å². The number of carbonyl (C=O) groups is 2. The first-order chi connectivity index (χ1) is 31.9. The standard InChI is InChI=1S/C22H22F4N6O.C13H18F3N3.C9H6FN3O2.CH3.BH4.ClH/c1-14(5-8-19-27-11-16(12-28-19)22(24,25)26)31(13-15-6-7-15)21(33)17-3-2-4-18(23)20(17)32-29-9-10-30-32;1-9(17-6-10-3-4-10)2-5-12-18-7-11(8-19-12)13(14,15)16;10-7-3-1-2-6(9(14)15)8(7)13-11-4-5-12-13;;;/h2-4,9-12,14-15H,5-8,13H2,1H3;7-10,17H,2-6H2,1H3;1-5H,(H,14,15);1H3;1H4;1H/q;;;2*-1;/t14-;9-;;;;/m00..../s1. The van der Waals surface area contributed by atoms with Crippen LogP contribution in [0.4, 0.5) is 35.1 Å². The monoisotopic (exact) mass is 1010 g/mol. The normalized spacial score (nSPS) is 13.9. The van der Waals surface area contributed by atoms with Crippen molar-refractivity contribution in [2.24, 2.45) is 11.8 Å². The van der Waals surface area contributed by atoms with Crippen molar-refractivity contribution in [3.05, 3.63) is 139 Å². The third-order valence-electron chi connectivity index (χ3n) is 10.7. The zero-order valence-electron chi connectivity index (χ0n) is 37.6. The van der Waals surface area contributed by atoms with Crippen molar-refractivity contribution < 1.29 is 49.8 Å². The molecule has 70 heavy (non-hydrogen) atoms. The molecule has 2 atom stereocenters. The first-order valence-electron chi connectivity index (χ1n) is 21.2. The van der Waals surface area contributed by atoms with Crippen LogP contribution >= 0.6 is 12.4 Å². The largest absolute Gasteiger partial charge is 0.478 e. The van der Waals surface area contributed by atoms with E-state index in [0.29, 0.717) is 43.6 Å². The second kappa shape index (κ2) is 26.0. The highest BCUT2D eigenvalue weighted by molar-refractivity contribution is 5.98. The van der Waals surface area contributed by atoms with Crippen molar-refractivity contribution in [3.63, 3.8) is 0 Å². The highest BCUT2D eigenvalue weighted by atomic mass is 35.5. The van der Waals surface area contributed by atoms with Gasteiger partial charge in [-0.25, -0.2) is 33.5 Å². The molecular formula is C45H54BClF8N12O3-2. The minimum absolute atomic E-state index is 0. The van der Waals surface area contributed by atoms with Gasteiger partial charge < -0.3 is 22.7 Å². The Morgan fingerprint density at radius 3 is 1.53 bits per heavy atom. The molecule has 8 rings (SSSR count). The van der Waals surface area contributed by atoms with Crippen molar-refractivity contribution in [2.75, 3.05) is 13.1 Å². The maximum atomic E-state index is 14.6. The highest BCUT2D eigenvalue weighted by Crippen LogP contribution is 2.33. The van der Waals surface area contributed by atoms with Gasteiger partial charge in [0.05, 0.1) is 47.0 Å². The average molecular weight is 1010 g/mol. The fourth-order valence-corrected chi connectivity index (χ4v) is 6.53. The van der Waals surface area contributed by atoms with E-state index in [0.717, 1.165) is 72.2 Å². The van der Waals surface area contributed by atoms with Crippen molar-refractivity contribution in [1.29, 1.82) is 0 Å². The van der Waals surface area contributed by atoms with Crippen LogP contribution in [0.25, 0.3) is 11.4 Å². The van der Waals surface area contributed by atoms with E-state index < -0.39 is 41.1 Å². The summed E-state index contributed by atoms with van der Waals surface area (Å²) in [4.78, 5) is 43.2. The summed E-state index contributed by atoms with van der Waals surface area (Å²) in [5.74, 6) is -0.936. The third-order valence-corrected chi connectivity index (χ3v) is 10.7. The summed E-state index contributed by atoms with van der Waals surface area (Å²) < 4.78 is 103. The Morgan fingerprint density at radius 2 is 1.11 bits per heavy atom. The highest BCUT2D eigenvalue weighted by Gasteiger charge is 2.34. The first-order valence-corrected chi connectivity index (χ1v) is 21.2. The SMILES string of the molecule is C[C@@H](CCc1ncc(C(F)(F)F)cn1)N(CC1CC1)C(=O)c1cccc(F)c1-n1nccn1.C[C@@H](CCc1ncc(C(F)(F)F)cn1)NCC1CC1.Cl.O=C(O)c1cccc(F)c1-n1nccn1.[BH4-].[CH3-]. The molecule has 0 spiro atoms. The van der Waals surface area contributed by atoms with E-state index in [1.165, 1.54) is 68.0 Å². The van der Waals surface area contributed by atoms with Crippen LogP contribution in [0.2, 0.25) is 0 Å².